The monoisotopic (exact) mass is 403 g/mol. The Hall–Kier alpha value is -3.28. The Morgan fingerprint density at radius 2 is 1.70 bits per heavy atom. The molecule has 30 heavy (non-hydrogen) atoms. The number of benzene rings is 2. The van der Waals surface area contributed by atoms with E-state index in [2.05, 4.69) is 31.2 Å². The molecule has 2 atom stereocenters. The molecule has 0 bridgehead atoms. The summed E-state index contributed by atoms with van der Waals surface area (Å²) in [5.74, 6) is 1.03. The Bertz CT molecular complexity index is 1230. The van der Waals surface area contributed by atoms with Gasteiger partial charge >= 0.3 is 11.4 Å². The second-order valence-electron chi connectivity index (χ2n) is 8.01. The van der Waals surface area contributed by atoms with Gasteiger partial charge in [-0.25, -0.2) is 23.5 Å². The number of para-hydroxylation sites is 1. The van der Waals surface area contributed by atoms with Gasteiger partial charge in [0.2, 0.25) is 0 Å². The summed E-state index contributed by atoms with van der Waals surface area (Å²) >= 11 is 0. The predicted molar refractivity (Wildman–Crippen MR) is 115 cm³/mol. The quantitative estimate of drug-likeness (QED) is 0.670. The lowest BCUT2D eigenvalue weighted by molar-refractivity contribution is 0.182. The molecule has 1 aliphatic heterocycles. The molecule has 1 aliphatic carbocycles. The van der Waals surface area contributed by atoms with Gasteiger partial charge in [0, 0.05) is 11.5 Å². The number of aryl methyl sites for hydroxylation is 1. The Morgan fingerprint density at radius 3 is 2.40 bits per heavy atom. The van der Waals surface area contributed by atoms with Crippen LogP contribution in [0.15, 0.2) is 75.5 Å². The minimum Gasteiger partial charge on any atom is -0.496 e. The van der Waals surface area contributed by atoms with Crippen LogP contribution in [-0.2, 0) is 11.3 Å². The van der Waals surface area contributed by atoms with Crippen LogP contribution in [-0.4, -0.2) is 20.5 Å². The zero-order valence-corrected chi connectivity index (χ0v) is 17.2. The molecule has 6 nitrogen and oxygen atoms in total. The van der Waals surface area contributed by atoms with Gasteiger partial charge in [-0.15, -0.1) is 0 Å². The van der Waals surface area contributed by atoms with E-state index in [1.807, 2.05) is 25.1 Å². The summed E-state index contributed by atoms with van der Waals surface area (Å²) in [6.07, 6.45) is 1.74. The van der Waals surface area contributed by atoms with Crippen LogP contribution < -0.4 is 11.4 Å². The first-order chi connectivity index (χ1) is 14.6. The van der Waals surface area contributed by atoms with E-state index >= 15 is 0 Å². The van der Waals surface area contributed by atoms with Gasteiger partial charge < -0.3 is 4.74 Å². The molecular formula is C24H25N3O3. The Kier molecular flexibility index (Phi) is 4.50. The van der Waals surface area contributed by atoms with Crippen molar-refractivity contribution in [3.05, 3.63) is 98.0 Å². The van der Waals surface area contributed by atoms with Crippen molar-refractivity contribution in [1.82, 2.24) is 13.9 Å². The number of hydrogen-bond acceptors (Lipinski definition) is 3. The van der Waals surface area contributed by atoms with E-state index in [1.165, 1.54) is 15.7 Å². The summed E-state index contributed by atoms with van der Waals surface area (Å²) in [6, 6.07) is 17.5. The number of hydrogen-bond donors (Lipinski definition) is 0. The van der Waals surface area contributed by atoms with Gasteiger partial charge in [0.15, 0.2) is 0 Å². The topological polar surface area (TPSA) is 58.2 Å². The molecule has 1 aromatic heterocycles. The van der Waals surface area contributed by atoms with Crippen molar-refractivity contribution in [2.45, 2.75) is 45.2 Å². The summed E-state index contributed by atoms with van der Waals surface area (Å²) in [4.78, 5) is 26.6. The number of fused-ring (bicyclic) bond motifs is 3. The van der Waals surface area contributed by atoms with Crippen LogP contribution in [0.1, 0.15) is 42.9 Å². The van der Waals surface area contributed by atoms with Crippen molar-refractivity contribution in [2.24, 2.45) is 0 Å². The molecule has 0 spiro atoms. The van der Waals surface area contributed by atoms with Crippen molar-refractivity contribution >= 4 is 0 Å². The van der Waals surface area contributed by atoms with Gasteiger partial charge in [-0.2, -0.15) is 0 Å². The van der Waals surface area contributed by atoms with Gasteiger partial charge in [0.25, 0.3) is 0 Å². The normalized spacial score (nSPS) is 20.2. The maximum Gasteiger partial charge on any atom is 0.352 e. The molecule has 0 amide bonds. The fourth-order valence-corrected chi connectivity index (χ4v) is 4.92. The fourth-order valence-electron chi connectivity index (χ4n) is 4.92. The van der Waals surface area contributed by atoms with Crippen molar-refractivity contribution < 1.29 is 4.74 Å². The standard InChI is InChI=1S/C24H25N3O3/c1-3-30-21-15-25-23(28)26(18-7-5-4-6-8-18)24(29)27(25)20-14-13-19(22(20)21)17-11-9-16(2)10-12-17/h4-12,19-20H,3,13-15H2,1-2H3. The van der Waals surface area contributed by atoms with E-state index in [1.54, 1.807) is 21.5 Å². The molecule has 6 heteroatoms. The van der Waals surface area contributed by atoms with Crippen LogP contribution in [0.3, 0.4) is 0 Å². The molecule has 0 saturated heterocycles. The first-order valence-electron chi connectivity index (χ1n) is 10.5. The smallest absolute Gasteiger partial charge is 0.352 e. The van der Waals surface area contributed by atoms with E-state index < -0.39 is 0 Å². The Labute approximate surface area is 174 Å². The lowest BCUT2D eigenvalue weighted by atomic mass is 9.90. The van der Waals surface area contributed by atoms with Gasteiger partial charge in [-0.05, 0) is 44.4 Å². The van der Waals surface area contributed by atoms with Crippen molar-refractivity contribution in [3.8, 4) is 5.69 Å². The van der Waals surface area contributed by atoms with Crippen LogP contribution >= 0.6 is 0 Å². The average molecular weight is 403 g/mol. The molecule has 2 aliphatic rings. The molecular weight excluding hydrogens is 378 g/mol. The molecule has 154 valence electrons. The second kappa shape index (κ2) is 7.20. The highest BCUT2D eigenvalue weighted by molar-refractivity contribution is 5.38. The summed E-state index contributed by atoms with van der Waals surface area (Å²) in [6.45, 7) is 4.86. The van der Waals surface area contributed by atoms with Gasteiger partial charge in [0.05, 0.1) is 18.3 Å². The maximum absolute atomic E-state index is 13.4. The number of rotatable bonds is 4. The zero-order chi connectivity index (χ0) is 20.8. The number of allylic oxidation sites excluding steroid dienone is 2. The second-order valence-corrected chi connectivity index (χ2v) is 8.01. The van der Waals surface area contributed by atoms with E-state index in [0.717, 1.165) is 24.2 Å². The van der Waals surface area contributed by atoms with E-state index in [9.17, 15) is 9.59 Å². The SMILES string of the molecule is CCOC1=C2C(c3ccc(C)cc3)CCC2n2c(=O)n(-c3ccccc3)c(=O)n2C1. The minimum absolute atomic E-state index is 0.156. The van der Waals surface area contributed by atoms with Crippen molar-refractivity contribution in [3.63, 3.8) is 0 Å². The van der Waals surface area contributed by atoms with Crippen LogP contribution in [0.25, 0.3) is 5.69 Å². The van der Waals surface area contributed by atoms with Crippen LogP contribution in [0.5, 0.6) is 0 Å². The zero-order valence-electron chi connectivity index (χ0n) is 17.2. The highest BCUT2D eigenvalue weighted by atomic mass is 16.5. The predicted octanol–water partition coefficient (Wildman–Crippen LogP) is 3.53. The molecule has 0 radical (unpaired) electrons. The highest BCUT2D eigenvalue weighted by Crippen LogP contribution is 2.48. The highest BCUT2D eigenvalue weighted by Gasteiger charge is 2.41. The fraction of sp³-hybridized carbons (Fsp3) is 0.333. The van der Waals surface area contributed by atoms with Crippen molar-refractivity contribution in [1.29, 1.82) is 0 Å². The number of nitrogens with zero attached hydrogens (tertiary/aromatic N) is 3. The lowest BCUT2D eigenvalue weighted by Gasteiger charge is -2.28. The average Bonchev–Trinajstić information content (AvgIpc) is 3.29. The third-order valence-corrected chi connectivity index (χ3v) is 6.25. The molecule has 5 rings (SSSR count). The first kappa shape index (κ1) is 18.7. The van der Waals surface area contributed by atoms with Gasteiger partial charge in [-0.3, -0.25) is 0 Å². The molecule has 3 aromatic rings. The third kappa shape index (κ3) is 2.78. The largest absolute Gasteiger partial charge is 0.496 e. The number of ether oxygens (including phenoxy) is 1. The summed E-state index contributed by atoms with van der Waals surface area (Å²) < 4.78 is 10.5. The lowest BCUT2D eigenvalue weighted by Crippen LogP contribution is -2.36. The minimum atomic E-state index is -0.318. The number of aromatic nitrogens is 3. The van der Waals surface area contributed by atoms with Gasteiger partial charge in [-0.1, -0.05) is 48.0 Å². The molecule has 2 unspecified atom stereocenters. The van der Waals surface area contributed by atoms with Crippen LogP contribution in [0.4, 0.5) is 0 Å². The molecule has 2 aromatic carbocycles. The van der Waals surface area contributed by atoms with Crippen LogP contribution in [0.2, 0.25) is 0 Å². The van der Waals surface area contributed by atoms with Crippen molar-refractivity contribution in [2.75, 3.05) is 6.61 Å². The van der Waals surface area contributed by atoms with E-state index in [4.69, 9.17) is 4.74 Å². The molecule has 1 saturated carbocycles. The molecule has 1 fully saturated rings. The molecule has 0 N–H and O–H groups in total. The first-order valence-corrected chi connectivity index (χ1v) is 10.5. The summed E-state index contributed by atoms with van der Waals surface area (Å²) in [7, 11) is 0. The summed E-state index contributed by atoms with van der Waals surface area (Å²) in [5.41, 5.74) is 3.60. The Balaban J connectivity index is 1.66. The van der Waals surface area contributed by atoms with E-state index in [-0.39, 0.29) is 29.9 Å². The maximum atomic E-state index is 13.4. The summed E-state index contributed by atoms with van der Waals surface area (Å²) in [5, 5.41) is 0. The van der Waals surface area contributed by atoms with Gasteiger partial charge in [0.1, 0.15) is 12.3 Å². The van der Waals surface area contributed by atoms with E-state index in [0.29, 0.717) is 12.3 Å². The molecule has 2 heterocycles. The Morgan fingerprint density at radius 1 is 0.967 bits per heavy atom. The van der Waals surface area contributed by atoms with Crippen LogP contribution in [0, 0.1) is 6.92 Å². The third-order valence-electron chi connectivity index (χ3n) is 6.25.